The first kappa shape index (κ1) is 19.0. The van der Waals surface area contributed by atoms with Crippen molar-refractivity contribution >= 4 is 17.5 Å². The number of amides is 1. The van der Waals surface area contributed by atoms with Crippen molar-refractivity contribution in [2.24, 2.45) is 0 Å². The second-order valence-electron chi connectivity index (χ2n) is 5.82. The molecule has 140 valence electrons. The lowest BCUT2D eigenvalue weighted by molar-refractivity contribution is -0.137. The number of carbonyl (C=O) groups excluding carboxylic acids is 1. The van der Waals surface area contributed by atoms with Crippen molar-refractivity contribution in [3.05, 3.63) is 82.6 Å². The van der Waals surface area contributed by atoms with Crippen LogP contribution in [0, 0.1) is 0 Å². The molecule has 8 heteroatoms. The first-order valence-corrected chi connectivity index (χ1v) is 8.47. The fourth-order valence-electron chi connectivity index (χ4n) is 2.51. The minimum atomic E-state index is -4.57. The third-order valence-corrected chi connectivity index (χ3v) is 4.04. The number of carbonyl (C=O) groups is 1. The molecular weight excluding hydrogens is 379 g/mol. The summed E-state index contributed by atoms with van der Waals surface area (Å²) < 4.78 is 40.2. The molecule has 0 aliphatic heterocycles. The fourth-order valence-corrected chi connectivity index (χ4v) is 2.75. The minimum absolute atomic E-state index is 0.135. The van der Waals surface area contributed by atoms with Gasteiger partial charge < -0.3 is 5.32 Å². The SMILES string of the molecule is O=C(NCCc1ccn(-c2ccccc2)n1)c1cc(Cl)cc(C(F)(F)F)c1. The standard InChI is InChI=1S/C19H15ClF3N3O/c20-15-11-13(10-14(12-15)19(21,22)23)18(27)24-8-6-16-7-9-26(25-16)17-4-2-1-3-5-17/h1-5,7,9-12H,6,8H2,(H,24,27). The summed E-state index contributed by atoms with van der Waals surface area (Å²) in [5, 5.41) is 6.85. The zero-order valence-corrected chi connectivity index (χ0v) is 14.8. The summed E-state index contributed by atoms with van der Waals surface area (Å²) in [5.41, 5.74) is 0.569. The maximum absolute atomic E-state index is 12.8. The molecule has 0 fully saturated rings. The number of aromatic nitrogens is 2. The highest BCUT2D eigenvalue weighted by Crippen LogP contribution is 2.31. The molecule has 0 spiro atoms. The van der Waals surface area contributed by atoms with Crippen LogP contribution in [-0.4, -0.2) is 22.2 Å². The van der Waals surface area contributed by atoms with Crippen LogP contribution in [0.5, 0.6) is 0 Å². The summed E-state index contributed by atoms with van der Waals surface area (Å²) in [6, 6.07) is 14.1. The Morgan fingerprint density at radius 2 is 1.85 bits per heavy atom. The Kier molecular flexibility index (Phi) is 5.51. The number of para-hydroxylation sites is 1. The van der Waals surface area contributed by atoms with Gasteiger partial charge in [-0.05, 0) is 36.4 Å². The summed E-state index contributed by atoms with van der Waals surface area (Å²) in [7, 11) is 0. The van der Waals surface area contributed by atoms with Crippen molar-refractivity contribution < 1.29 is 18.0 Å². The first-order valence-electron chi connectivity index (χ1n) is 8.09. The number of halogens is 4. The van der Waals surface area contributed by atoms with Gasteiger partial charge in [-0.3, -0.25) is 4.79 Å². The molecule has 2 aromatic carbocycles. The maximum Gasteiger partial charge on any atom is 0.416 e. The van der Waals surface area contributed by atoms with Gasteiger partial charge in [0.25, 0.3) is 5.91 Å². The van der Waals surface area contributed by atoms with Crippen molar-refractivity contribution in [1.29, 1.82) is 0 Å². The smallest absolute Gasteiger partial charge is 0.352 e. The molecule has 0 aliphatic rings. The van der Waals surface area contributed by atoms with Crippen LogP contribution in [0.3, 0.4) is 0 Å². The summed E-state index contributed by atoms with van der Waals surface area (Å²) in [6.45, 7) is 0.235. The number of rotatable bonds is 5. The Bertz CT molecular complexity index is 939. The van der Waals surface area contributed by atoms with E-state index in [1.165, 1.54) is 6.07 Å². The molecule has 1 N–H and O–H groups in total. The quantitative estimate of drug-likeness (QED) is 0.693. The number of hydrogen-bond donors (Lipinski definition) is 1. The molecule has 0 unspecified atom stereocenters. The number of nitrogens with one attached hydrogen (secondary N) is 1. The lowest BCUT2D eigenvalue weighted by Gasteiger charge is -2.10. The van der Waals surface area contributed by atoms with E-state index in [1.54, 1.807) is 10.9 Å². The third-order valence-electron chi connectivity index (χ3n) is 3.82. The predicted octanol–water partition coefficient (Wildman–Crippen LogP) is 4.52. The molecule has 0 saturated carbocycles. The largest absolute Gasteiger partial charge is 0.416 e. The fraction of sp³-hybridized carbons (Fsp3) is 0.158. The van der Waals surface area contributed by atoms with Gasteiger partial charge in [-0.25, -0.2) is 4.68 Å². The Morgan fingerprint density at radius 3 is 2.56 bits per heavy atom. The molecule has 0 radical (unpaired) electrons. The highest BCUT2D eigenvalue weighted by atomic mass is 35.5. The summed E-state index contributed by atoms with van der Waals surface area (Å²) >= 11 is 5.70. The number of hydrogen-bond acceptors (Lipinski definition) is 2. The summed E-state index contributed by atoms with van der Waals surface area (Å²) in [6.07, 6.45) is -2.32. The zero-order valence-electron chi connectivity index (χ0n) is 14.0. The van der Waals surface area contributed by atoms with E-state index >= 15 is 0 Å². The van der Waals surface area contributed by atoms with E-state index in [1.807, 2.05) is 36.4 Å². The van der Waals surface area contributed by atoms with Gasteiger partial charge in [-0.15, -0.1) is 0 Å². The molecule has 3 aromatic rings. The molecule has 1 heterocycles. The van der Waals surface area contributed by atoms with Gasteiger partial charge >= 0.3 is 6.18 Å². The number of benzene rings is 2. The molecule has 0 bridgehead atoms. The average molecular weight is 394 g/mol. The van der Waals surface area contributed by atoms with Gasteiger partial charge in [0.1, 0.15) is 0 Å². The normalized spacial score (nSPS) is 11.4. The highest BCUT2D eigenvalue weighted by Gasteiger charge is 2.31. The van der Waals surface area contributed by atoms with Crippen LogP contribution in [0.4, 0.5) is 13.2 Å². The predicted molar refractivity (Wildman–Crippen MR) is 96.1 cm³/mol. The monoisotopic (exact) mass is 393 g/mol. The number of alkyl halides is 3. The van der Waals surface area contributed by atoms with Crippen LogP contribution in [-0.2, 0) is 12.6 Å². The lowest BCUT2D eigenvalue weighted by Crippen LogP contribution is -2.26. The molecule has 27 heavy (non-hydrogen) atoms. The number of nitrogens with zero attached hydrogens (tertiary/aromatic N) is 2. The van der Waals surface area contributed by atoms with Crippen molar-refractivity contribution in [3.63, 3.8) is 0 Å². The Labute approximate surface area is 158 Å². The molecular formula is C19H15ClF3N3O. The van der Waals surface area contributed by atoms with E-state index in [0.717, 1.165) is 23.5 Å². The maximum atomic E-state index is 12.8. The van der Waals surface area contributed by atoms with Crippen LogP contribution in [0.15, 0.2) is 60.8 Å². The molecule has 0 aliphatic carbocycles. The molecule has 0 atom stereocenters. The van der Waals surface area contributed by atoms with E-state index in [9.17, 15) is 18.0 Å². The summed E-state index contributed by atoms with van der Waals surface area (Å²) in [4.78, 5) is 12.1. The first-order chi connectivity index (χ1) is 12.8. The van der Waals surface area contributed by atoms with Crippen LogP contribution >= 0.6 is 11.6 Å². The highest BCUT2D eigenvalue weighted by molar-refractivity contribution is 6.31. The van der Waals surface area contributed by atoms with Crippen molar-refractivity contribution in [2.45, 2.75) is 12.6 Å². The molecule has 0 saturated heterocycles. The Hall–Kier alpha value is -2.80. The lowest BCUT2D eigenvalue weighted by atomic mass is 10.1. The van der Waals surface area contributed by atoms with Crippen molar-refractivity contribution in [1.82, 2.24) is 15.1 Å². The van der Waals surface area contributed by atoms with Crippen LogP contribution < -0.4 is 5.32 Å². The molecule has 4 nitrogen and oxygen atoms in total. The van der Waals surface area contributed by atoms with Gasteiger partial charge in [0.05, 0.1) is 16.9 Å². The van der Waals surface area contributed by atoms with E-state index in [0.29, 0.717) is 6.42 Å². The van der Waals surface area contributed by atoms with E-state index in [2.05, 4.69) is 10.4 Å². The molecule has 1 amide bonds. The van der Waals surface area contributed by atoms with Crippen LogP contribution in [0.2, 0.25) is 5.02 Å². The van der Waals surface area contributed by atoms with Crippen LogP contribution in [0.1, 0.15) is 21.6 Å². The van der Waals surface area contributed by atoms with Gasteiger partial charge in [-0.1, -0.05) is 29.8 Å². The zero-order chi connectivity index (χ0) is 19.4. The van der Waals surface area contributed by atoms with Gasteiger partial charge in [0.15, 0.2) is 0 Å². The molecule has 3 rings (SSSR count). The van der Waals surface area contributed by atoms with Crippen molar-refractivity contribution in [3.8, 4) is 5.69 Å². The van der Waals surface area contributed by atoms with E-state index in [-0.39, 0.29) is 17.1 Å². The van der Waals surface area contributed by atoms with Gasteiger partial charge in [0.2, 0.25) is 0 Å². The third kappa shape index (κ3) is 4.89. The van der Waals surface area contributed by atoms with E-state index < -0.39 is 17.6 Å². The van der Waals surface area contributed by atoms with Gasteiger partial charge in [-0.2, -0.15) is 18.3 Å². The topological polar surface area (TPSA) is 46.9 Å². The van der Waals surface area contributed by atoms with Gasteiger partial charge in [0, 0.05) is 29.7 Å². The van der Waals surface area contributed by atoms with E-state index in [4.69, 9.17) is 11.6 Å². The Balaban J connectivity index is 1.61. The summed E-state index contributed by atoms with van der Waals surface area (Å²) in [5.74, 6) is -0.620. The Morgan fingerprint density at radius 1 is 1.11 bits per heavy atom. The average Bonchev–Trinajstić information content (AvgIpc) is 3.10. The molecule has 1 aromatic heterocycles. The second kappa shape index (κ2) is 7.84. The van der Waals surface area contributed by atoms with Crippen molar-refractivity contribution in [2.75, 3.05) is 6.54 Å². The van der Waals surface area contributed by atoms with Crippen LogP contribution in [0.25, 0.3) is 5.69 Å². The second-order valence-corrected chi connectivity index (χ2v) is 6.26. The minimum Gasteiger partial charge on any atom is -0.352 e.